The molecule has 0 spiro atoms. The molecule has 1 aromatic heterocycles. The minimum atomic E-state index is -0.220. The maximum absolute atomic E-state index is 12.5. The van der Waals surface area contributed by atoms with Crippen LogP contribution in [0.4, 0.5) is 11.5 Å². The number of carbonyl (C=O) groups is 1. The number of amides is 1. The van der Waals surface area contributed by atoms with Gasteiger partial charge in [-0.2, -0.15) is 10.5 Å². The predicted octanol–water partition coefficient (Wildman–Crippen LogP) is 4.73. The molecule has 31 heavy (non-hydrogen) atoms. The van der Waals surface area contributed by atoms with E-state index in [2.05, 4.69) is 22.4 Å². The third kappa shape index (κ3) is 4.85. The number of hydrogen-bond acceptors (Lipinski definition) is 6. The smallest absolute Gasteiger partial charge is 0.234 e. The van der Waals surface area contributed by atoms with Gasteiger partial charge in [-0.25, -0.2) is 4.98 Å². The molecule has 6 nitrogen and oxygen atoms in total. The number of benzene rings is 2. The molecular formula is C24H21N5OS. The first-order valence-corrected chi connectivity index (χ1v) is 10.5. The quantitative estimate of drug-likeness (QED) is 0.569. The van der Waals surface area contributed by atoms with Gasteiger partial charge in [-0.1, -0.05) is 59.3 Å². The van der Waals surface area contributed by atoms with E-state index in [0.717, 1.165) is 34.1 Å². The van der Waals surface area contributed by atoms with Crippen molar-refractivity contribution in [2.75, 3.05) is 16.8 Å². The molecule has 0 unspecified atom stereocenters. The highest BCUT2D eigenvalue weighted by atomic mass is 32.2. The van der Waals surface area contributed by atoms with Crippen LogP contribution in [0.15, 0.2) is 47.5 Å². The number of nitrogens with one attached hydrogen (secondary N) is 1. The Bertz CT molecular complexity index is 1240. The monoisotopic (exact) mass is 427 g/mol. The molecule has 0 aliphatic carbocycles. The van der Waals surface area contributed by atoms with Crippen molar-refractivity contribution in [3.63, 3.8) is 0 Å². The van der Waals surface area contributed by atoms with E-state index in [1.165, 1.54) is 0 Å². The summed E-state index contributed by atoms with van der Waals surface area (Å²) in [5, 5.41) is 22.6. The van der Waals surface area contributed by atoms with Crippen LogP contribution in [-0.2, 0) is 4.79 Å². The predicted molar refractivity (Wildman–Crippen MR) is 124 cm³/mol. The molecule has 0 saturated heterocycles. The number of hydrogen-bond donors (Lipinski definition) is 2. The molecule has 3 rings (SSSR count). The summed E-state index contributed by atoms with van der Waals surface area (Å²) in [5.74, 6) is -0.134. The topological polar surface area (TPSA) is 116 Å². The van der Waals surface area contributed by atoms with Crippen LogP contribution in [0.25, 0.3) is 11.1 Å². The average Bonchev–Trinajstić information content (AvgIpc) is 2.74. The van der Waals surface area contributed by atoms with Crippen LogP contribution in [0.2, 0.25) is 0 Å². The lowest BCUT2D eigenvalue weighted by Crippen LogP contribution is -2.15. The highest BCUT2D eigenvalue weighted by Crippen LogP contribution is 2.35. The molecule has 0 atom stereocenters. The zero-order valence-electron chi connectivity index (χ0n) is 17.5. The Hall–Kier alpha value is -3.81. The van der Waals surface area contributed by atoms with Crippen molar-refractivity contribution < 1.29 is 4.79 Å². The van der Waals surface area contributed by atoms with Gasteiger partial charge in [0.05, 0.1) is 11.3 Å². The number of carbonyl (C=O) groups excluding carboxylic acids is 1. The second kappa shape index (κ2) is 9.34. The molecule has 7 heteroatoms. The number of nitrogens with two attached hydrogens (primary N) is 1. The first kappa shape index (κ1) is 21.9. The molecule has 1 heterocycles. The van der Waals surface area contributed by atoms with E-state index in [9.17, 15) is 15.3 Å². The summed E-state index contributed by atoms with van der Waals surface area (Å²) in [6.07, 6.45) is 0. The van der Waals surface area contributed by atoms with Gasteiger partial charge in [0.1, 0.15) is 28.5 Å². The summed E-state index contributed by atoms with van der Waals surface area (Å²) < 4.78 is 0. The number of aryl methyl sites for hydroxylation is 3. The van der Waals surface area contributed by atoms with E-state index in [1.807, 2.05) is 63.2 Å². The zero-order valence-corrected chi connectivity index (χ0v) is 18.3. The third-order valence-corrected chi connectivity index (χ3v) is 5.73. The Balaban J connectivity index is 1.91. The Morgan fingerprint density at radius 1 is 1.03 bits per heavy atom. The van der Waals surface area contributed by atoms with E-state index in [-0.39, 0.29) is 28.6 Å². The van der Waals surface area contributed by atoms with Crippen LogP contribution < -0.4 is 11.1 Å². The number of rotatable bonds is 5. The van der Waals surface area contributed by atoms with Crippen molar-refractivity contribution in [2.24, 2.45) is 0 Å². The van der Waals surface area contributed by atoms with Crippen molar-refractivity contribution >= 4 is 29.2 Å². The van der Waals surface area contributed by atoms with Gasteiger partial charge in [0.15, 0.2) is 0 Å². The largest absolute Gasteiger partial charge is 0.383 e. The standard InChI is InChI=1S/C24H21N5OS/c1-14-4-7-17(8-5-14)22-18(11-25)23(27)29-24(19(22)12-26)31-13-21(30)28-20-9-6-15(2)10-16(20)3/h4-10H,13H2,1-3H3,(H2,27,29)(H,28,30). The van der Waals surface area contributed by atoms with Crippen molar-refractivity contribution in [3.05, 3.63) is 70.3 Å². The van der Waals surface area contributed by atoms with Crippen LogP contribution >= 0.6 is 11.8 Å². The van der Waals surface area contributed by atoms with Gasteiger partial charge in [-0.05, 0) is 38.0 Å². The fourth-order valence-corrected chi connectivity index (χ4v) is 3.98. The van der Waals surface area contributed by atoms with Crippen LogP contribution in [0.3, 0.4) is 0 Å². The first-order chi connectivity index (χ1) is 14.8. The van der Waals surface area contributed by atoms with Crippen LogP contribution in [0, 0.1) is 43.4 Å². The summed E-state index contributed by atoms with van der Waals surface area (Å²) >= 11 is 1.12. The zero-order chi connectivity index (χ0) is 22.5. The minimum Gasteiger partial charge on any atom is -0.383 e. The van der Waals surface area contributed by atoms with Crippen molar-refractivity contribution in [3.8, 4) is 23.3 Å². The lowest BCUT2D eigenvalue weighted by Gasteiger charge is -2.13. The van der Waals surface area contributed by atoms with Crippen LogP contribution in [0.5, 0.6) is 0 Å². The van der Waals surface area contributed by atoms with Gasteiger partial charge in [-0.3, -0.25) is 4.79 Å². The molecule has 154 valence electrons. The van der Waals surface area contributed by atoms with Gasteiger partial charge < -0.3 is 11.1 Å². The van der Waals surface area contributed by atoms with E-state index >= 15 is 0 Å². The molecule has 0 fully saturated rings. The number of nitrogens with zero attached hydrogens (tertiary/aromatic N) is 3. The summed E-state index contributed by atoms with van der Waals surface area (Å²) in [6.45, 7) is 5.88. The normalized spacial score (nSPS) is 10.2. The second-order valence-corrected chi connectivity index (χ2v) is 8.14. The number of thioether (sulfide) groups is 1. The summed E-state index contributed by atoms with van der Waals surface area (Å²) in [5.41, 5.74) is 11.4. The Kier molecular flexibility index (Phi) is 6.59. The maximum atomic E-state index is 12.5. The lowest BCUT2D eigenvalue weighted by molar-refractivity contribution is -0.113. The van der Waals surface area contributed by atoms with E-state index in [0.29, 0.717) is 16.2 Å². The van der Waals surface area contributed by atoms with Gasteiger partial charge in [0.2, 0.25) is 5.91 Å². The Morgan fingerprint density at radius 3 is 2.29 bits per heavy atom. The van der Waals surface area contributed by atoms with E-state index in [1.54, 1.807) is 0 Å². The van der Waals surface area contributed by atoms with Crippen molar-refractivity contribution in [1.29, 1.82) is 10.5 Å². The van der Waals surface area contributed by atoms with Gasteiger partial charge in [0, 0.05) is 11.3 Å². The maximum Gasteiger partial charge on any atom is 0.234 e. The number of nitriles is 2. The molecule has 2 aromatic carbocycles. The van der Waals surface area contributed by atoms with Gasteiger partial charge in [0.25, 0.3) is 0 Å². The molecule has 3 N–H and O–H groups in total. The van der Waals surface area contributed by atoms with Crippen LogP contribution in [0.1, 0.15) is 27.8 Å². The van der Waals surface area contributed by atoms with Crippen LogP contribution in [-0.4, -0.2) is 16.6 Å². The van der Waals surface area contributed by atoms with Crippen molar-refractivity contribution in [2.45, 2.75) is 25.8 Å². The molecule has 0 radical (unpaired) electrons. The number of anilines is 2. The minimum absolute atomic E-state index is 0.0364. The molecule has 1 amide bonds. The highest BCUT2D eigenvalue weighted by Gasteiger charge is 2.21. The molecule has 0 aliphatic heterocycles. The number of pyridine rings is 1. The average molecular weight is 428 g/mol. The molecular weight excluding hydrogens is 406 g/mol. The highest BCUT2D eigenvalue weighted by molar-refractivity contribution is 8.00. The SMILES string of the molecule is Cc1ccc(-c2c(C#N)c(N)nc(SCC(=O)Nc3ccc(C)cc3C)c2C#N)cc1. The summed E-state index contributed by atoms with van der Waals surface area (Å²) in [6, 6.07) is 17.5. The van der Waals surface area contributed by atoms with Gasteiger partial charge in [-0.15, -0.1) is 0 Å². The number of nitrogen functional groups attached to an aromatic ring is 1. The number of aromatic nitrogens is 1. The molecule has 0 saturated carbocycles. The third-order valence-electron chi connectivity index (χ3n) is 4.75. The Morgan fingerprint density at radius 2 is 1.68 bits per heavy atom. The lowest BCUT2D eigenvalue weighted by atomic mass is 9.96. The van der Waals surface area contributed by atoms with E-state index in [4.69, 9.17) is 5.73 Å². The Labute approximate surface area is 185 Å². The first-order valence-electron chi connectivity index (χ1n) is 9.54. The fraction of sp³-hybridized carbons (Fsp3) is 0.167. The van der Waals surface area contributed by atoms with Crippen molar-refractivity contribution in [1.82, 2.24) is 4.98 Å². The van der Waals surface area contributed by atoms with Gasteiger partial charge >= 0.3 is 0 Å². The second-order valence-electron chi connectivity index (χ2n) is 7.17. The molecule has 0 aliphatic rings. The van der Waals surface area contributed by atoms with E-state index < -0.39 is 0 Å². The summed E-state index contributed by atoms with van der Waals surface area (Å²) in [4.78, 5) is 16.7. The summed E-state index contributed by atoms with van der Waals surface area (Å²) in [7, 11) is 0. The molecule has 0 bridgehead atoms. The fourth-order valence-electron chi connectivity index (χ4n) is 3.19. The molecule has 3 aromatic rings.